The Balaban J connectivity index is 0.00000106. The molecule has 0 saturated carbocycles. The molecular weight excluding hydrogens is 239 g/mol. The summed E-state index contributed by atoms with van der Waals surface area (Å²) in [6.45, 7) is 7.55. The topological polar surface area (TPSA) is 12.9 Å². The van der Waals surface area contributed by atoms with Crippen molar-refractivity contribution in [2.75, 3.05) is 0 Å². The van der Waals surface area contributed by atoms with Crippen LogP contribution in [0.25, 0.3) is 0 Å². The molecule has 1 aromatic rings. The van der Waals surface area contributed by atoms with Crippen molar-refractivity contribution >= 4 is 11.6 Å². The van der Waals surface area contributed by atoms with E-state index in [-0.39, 0.29) is 10.9 Å². The maximum atomic E-state index is 12.4. The second kappa shape index (κ2) is 6.09. The summed E-state index contributed by atoms with van der Waals surface area (Å²) in [5.41, 5.74) is -0.431. The third kappa shape index (κ3) is 4.00. The van der Waals surface area contributed by atoms with Crippen LogP contribution in [0.15, 0.2) is 12.3 Å². The maximum Gasteiger partial charge on any atom is 0.417 e. The first-order valence-corrected chi connectivity index (χ1v) is 5.43. The highest BCUT2D eigenvalue weighted by Gasteiger charge is 2.33. The van der Waals surface area contributed by atoms with Crippen LogP contribution in [0.1, 0.15) is 44.9 Å². The molecule has 0 aliphatic carbocycles. The van der Waals surface area contributed by atoms with E-state index in [0.29, 0.717) is 5.69 Å². The molecule has 0 unspecified atom stereocenters. The van der Waals surface area contributed by atoms with Crippen LogP contribution >= 0.6 is 11.6 Å². The fraction of sp³-hybridized carbons (Fsp3) is 0.545. The van der Waals surface area contributed by atoms with Crippen molar-refractivity contribution in [2.24, 2.45) is 0 Å². The lowest BCUT2D eigenvalue weighted by molar-refractivity contribution is -0.137. The number of pyridine rings is 1. The van der Waals surface area contributed by atoms with E-state index in [2.05, 4.69) is 4.98 Å². The molecule has 1 rings (SSSR count). The predicted octanol–water partition coefficient (Wildman–Crippen LogP) is 4.90. The van der Waals surface area contributed by atoms with Gasteiger partial charge in [0, 0.05) is 11.9 Å². The zero-order valence-electron chi connectivity index (χ0n) is 9.69. The van der Waals surface area contributed by atoms with Gasteiger partial charge in [-0.2, -0.15) is 13.2 Å². The van der Waals surface area contributed by atoms with E-state index in [0.717, 1.165) is 12.3 Å². The summed E-state index contributed by atoms with van der Waals surface area (Å²) in [6, 6.07) is 0.993. The largest absolute Gasteiger partial charge is 0.417 e. The molecule has 16 heavy (non-hydrogen) atoms. The van der Waals surface area contributed by atoms with E-state index in [1.165, 1.54) is 0 Å². The van der Waals surface area contributed by atoms with Crippen LogP contribution < -0.4 is 0 Å². The summed E-state index contributed by atoms with van der Waals surface area (Å²) in [6.07, 6.45) is -3.37. The minimum absolute atomic E-state index is 0.0478. The Kier molecular flexibility index (Phi) is 5.79. The highest BCUT2D eigenvalue weighted by molar-refractivity contribution is 6.31. The molecule has 0 N–H and O–H groups in total. The number of alkyl halides is 3. The molecule has 92 valence electrons. The Morgan fingerprint density at radius 1 is 1.25 bits per heavy atom. The lowest BCUT2D eigenvalue weighted by Gasteiger charge is -2.11. The first kappa shape index (κ1) is 15.2. The minimum Gasteiger partial charge on any atom is -0.259 e. The van der Waals surface area contributed by atoms with Crippen LogP contribution in [0, 0.1) is 0 Å². The van der Waals surface area contributed by atoms with Crippen LogP contribution in [0.5, 0.6) is 0 Å². The highest BCUT2D eigenvalue weighted by Crippen LogP contribution is 2.35. The van der Waals surface area contributed by atoms with Gasteiger partial charge in [-0.1, -0.05) is 39.3 Å². The summed E-state index contributed by atoms with van der Waals surface area (Å²) in [5, 5.41) is -0.359. The van der Waals surface area contributed by atoms with Crippen molar-refractivity contribution in [1.29, 1.82) is 0 Å². The molecule has 0 spiro atoms. The second-order valence-electron chi connectivity index (χ2n) is 3.24. The van der Waals surface area contributed by atoms with Gasteiger partial charge in [0.25, 0.3) is 0 Å². The number of rotatable bonds is 1. The van der Waals surface area contributed by atoms with Gasteiger partial charge in [-0.05, 0) is 12.0 Å². The third-order valence-corrected chi connectivity index (χ3v) is 2.07. The molecule has 1 heterocycles. The molecule has 0 fully saturated rings. The molecule has 0 aromatic carbocycles. The average Bonchev–Trinajstić information content (AvgIpc) is 2.19. The van der Waals surface area contributed by atoms with Gasteiger partial charge in [0.1, 0.15) is 0 Å². The summed E-state index contributed by atoms with van der Waals surface area (Å²) in [4.78, 5) is 3.82. The molecule has 1 aromatic heterocycles. The molecule has 1 nitrogen and oxygen atoms in total. The summed E-state index contributed by atoms with van der Waals surface area (Å²) < 4.78 is 37.1. The molecule has 5 heteroatoms. The van der Waals surface area contributed by atoms with Gasteiger partial charge < -0.3 is 0 Å². The zero-order chi connectivity index (χ0) is 12.9. The SMILES string of the molecule is CC.CC(C)c1cc(C(F)(F)F)c(Cl)cn1. The van der Waals surface area contributed by atoms with Gasteiger partial charge in [0.15, 0.2) is 0 Å². The Hall–Kier alpha value is -0.770. The predicted molar refractivity (Wildman–Crippen MR) is 59.7 cm³/mol. The Morgan fingerprint density at radius 3 is 2.12 bits per heavy atom. The van der Waals surface area contributed by atoms with Crippen LogP contribution in [-0.4, -0.2) is 4.98 Å². The smallest absolute Gasteiger partial charge is 0.259 e. The molecule has 0 atom stereocenters. The molecule has 0 aliphatic rings. The van der Waals surface area contributed by atoms with Crippen LogP contribution in [0.3, 0.4) is 0 Å². The van der Waals surface area contributed by atoms with Gasteiger partial charge in [-0.3, -0.25) is 4.98 Å². The van der Waals surface area contributed by atoms with E-state index in [9.17, 15) is 13.2 Å². The Labute approximate surface area is 98.6 Å². The second-order valence-corrected chi connectivity index (χ2v) is 3.65. The van der Waals surface area contributed by atoms with Gasteiger partial charge in [-0.15, -0.1) is 0 Å². The quantitative estimate of drug-likeness (QED) is 0.693. The molecule has 0 saturated heterocycles. The van der Waals surface area contributed by atoms with Gasteiger partial charge in [0.05, 0.1) is 10.6 Å². The van der Waals surface area contributed by atoms with E-state index >= 15 is 0 Å². The van der Waals surface area contributed by atoms with Crippen LogP contribution in [0.2, 0.25) is 5.02 Å². The molecule has 0 aliphatic heterocycles. The standard InChI is InChI=1S/C9H9ClF3N.C2H6/c1-5(2)8-3-6(9(11,12)13)7(10)4-14-8;1-2/h3-5H,1-2H3;1-2H3. The van der Waals surface area contributed by atoms with Crippen molar-refractivity contribution in [3.8, 4) is 0 Å². The van der Waals surface area contributed by atoms with E-state index in [1.807, 2.05) is 13.8 Å². The zero-order valence-corrected chi connectivity index (χ0v) is 10.4. The summed E-state index contributed by atoms with van der Waals surface area (Å²) in [7, 11) is 0. The van der Waals surface area contributed by atoms with Crippen molar-refractivity contribution in [2.45, 2.75) is 39.8 Å². The highest BCUT2D eigenvalue weighted by atomic mass is 35.5. The third-order valence-electron chi connectivity index (χ3n) is 1.77. The fourth-order valence-corrected chi connectivity index (χ4v) is 1.20. The molecule has 0 amide bonds. The van der Waals surface area contributed by atoms with Gasteiger partial charge in [0.2, 0.25) is 0 Å². The normalized spacial score (nSPS) is 11.1. The number of hydrogen-bond donors (Lipinski definition) is 0. The fourth-order valence-electron chi connectivity index (χ4n) is 0.988. The maximum absolute atomic E-state index is 12.4. The molecule has 0 radical (unpaired) electrons. The lowest BCUT2D eigenvalue weighted by atomic mass is 10.1. The lowest BCUT2D eigenvalue weighted by Crippen LogP contribution is -2.08. The average molecular weight is 254 g/mol. The first-order valence-electron chi connectivity index (χ1n) is 5.05. The van der Waals surface area contributed by atoms with Crippen LogP contribution in [-0.2, 0) is 6.18 Å². The minimum atomic E-state index is -4.41. The van der Waals surface area contributed by atoms with Crippen molar-refractivity contribution < 1.29 is 13.2 Å². The molecular formula is C11H15ClF3N. The number of hydrogen-bond acceptors (Lipinski definition) is 1. The monoisotopic (exact) mass is 253 g/mol. The van der Waals surface area contributed by atoms with E-state index in [4.69, 9.17) is 11.6 Å². The molecule has 0 bridgehead atoms. The Morgan fingerprint density at radius 2 is 1.75 bits per heavy atom. The number of aromatic nitrogens is 1. The van der Waals surface area contributed by atoms with Gasteiger partial charge >= 0.3 is 6.18 Å². The summed E-state index contributed by atoms with van der Waals surface area (Å²) in [5.74, 6) is -0.0478. The first-order chi connectivity index (χ1) is 7.32. The van der Waals surface area contributed by atoms with Crippen molar-refractivity contribution in [3.05, 3.63) is 28.5 Å². The van der Waals surface area contributed by atoms with Crippen molar-refractivity contribution in [1.82, 2.24) is 4.98 Å². The summed E-state index contributed by atoms with van der Waals surface area (Å²) >= 11 is 5.40. The van der Waals surface area contributed by atoms with Gasteiger partial charge in [-0.25, -0.2) is 0 Å². The van der Waals surface area contributed by atoms with Crippen molar-refractivity contribution in [3.63, 3.8) is 0 Å². The van der Waals surface area contributed by atoms with E-state index in [1.54, 1.807) is 13.8 Å². The number of nitrogens with zero attached hydrogens (tertiary/aromatic N) is 1. The van der Waals surface area contributed by atoms with E-state index < -0.39 is 11.7 Å². The van der Waals surface area contributed by atoms with Crippen LogP contribution in [0.4, 0.5) is 13.2 Å². The number of halogens is 4. The Bertz CT molecular complexity index is 334.